The Labute approximate surface area is 144 Å². The van der Waals surface area contributed by atoms with E-state index in [0.717, 1.165) is 11.3 Å². The zero-order valence-electron chi connectivity index (χ0n) is 14.2. The zero-order chi connectivity index (χ0) is 18.6. The molecule has 2 rings (SSSR count). The van der Waals surface area contributed by atoms with Gasteiger partial charge in [0.05, 0.1) is 17.7 Å². The van der Waals surface area contributed by atoms with Crippen molar-refractivity contribution in [3.8, 4) is 0 Å². The van der Waals surface area contributed by atoms with Crippen molar-refractivity contribution in [2.75, 3.05) is 13.6 Å². The van der Waals surface area contributed by atoms with Crippen molar-refractivity contribution in [3.05, 3.63) is 63.1 Å². The van der Waals surface area contributed by atoms with E-state index in [9.17, 15) is 19.7 Å². The number of furan rings is 1. The topological polar surface area (TPSA) is 106 Å². The van der Waals surface area contributed by atoms with Gasteiger partial charge in [0, 0.05) is 36.3 Å². The second-order valence-corrected chi connectivity index (χ2v) is 5.69. The second-order valence-electron chi connectivity index (χ2n) is 5.69. The van der Waals surface area contributed by atoms with E-state index in [-0.39, 0.29) is 23.7 Å². The Hall–Kier alpha value is -3.16. The first-order chi connectivity index (χ1) is 11.8. The van der Waals surface area contributed by atoms with Crippen molar-refractivity contribution in [1.82, 2.24) is 10.2 Å². The number of nitrogens with one attached hydrogen (secondary N) is 1. The Kier molecular flexibility index (Phi) is 5.53. The normalized spacial score (nSPS) is 10.4. The monoisotopic (exact) mass is 345 g/mol. The van der Waals surface area contributed by atoms with Gasteiger partial charge in [-0.25, -0.2) is 0 Å². The molecule has 0 spiro atoms. The Bertz CT molecular complexity index is 812. The maximum Gasteiger partial charge on any atom is 0.272 e. The molecule has 0 saturated carbocycles. The highest BCUT2D eigenvalue weighted by Gasteiger charge is 2.16. The Morgan fingerprint density at radius 3 is 2.56 bits per heavy atom. The fraction of sp³-hybridized carbons (Fsp3) is 0.294. The van der Waals surface area contributed by atoms with Crippen molar-refractivity contribution in [2.24, 2.45) is 0 Å². The quantitative estimate of drug-likeness (QED) is 0.638. The number of carbonyl (C=O) groups excluding carboxylic acids is 2. The lowest BCUT2D eigenvalue weighted by atomic mass is 10.1. The lowest BCUT2D eigenvalue weighted by Crippen LogP contribution is -2.37. The molecule has 0 aliphatic heterocycles. The minimum absolute atomic E-state index is 0.0529. The molecule has 2 amide bonds. The van der Waals surface area contributed by atoms with E-state index in [4.69, 9.17) is 4.42 Å². The second kappa shape index (κ2) is 7.61. The number of aryl methyl sites for hydroxylation is 2. The van der Waals surface area contributed by atoms with Gasteiger partial charge in [-0.2, -0.15) is 0 Å². The van der Waals surface area contributed by atoms with E-state index in [2.05, 4.69) is 5.32 Å². The minimum atomic E-state index is -0.507. The number of hydrogen-bond acceptors (Lipinski definition) is 5. The van der Waals surface area contributed by atoms with Gasteiger partial charge in [-0.1, -0.05) is 0 Å². The summed E-state index contributed by atoms with van der Waals surface area (Å²) in [6.45, 7) is 3.59. The molecule has 8 heteroatoms. The number of carbonyl (C=O) groups is 2. The molecular formula is C17H19N3O5. The van der Waals surface area contributed by atoms with Crippen molar-refractivity contribution in [1.29, 1.82) is 0 Å². The molecule has 25 heavy (non-hydrogen) atoms. The minimum Gasteiger partial charge on any atom is -0.469 e. The number of nitrogens with zero attached hydrogens (tertiary/aromatic N) is 2. The van der Waals surface area contributed by atoms with Crippen molar-refractivity contribution in [3.63, 3.8) is 0 Å². The summed E-state index contributed by atoms with van der Waals surface area (Å²) in [4.78, 5) is 36.0. The highest BCUT2D eigenvalue weighted by molar-refractivity contribution is 5.96. The first-order valence-corrected chi connectivity index (χ1v) is 7.59. The number of benzene rings is 1. The van der Waals surface area contributed by atoms with Crippen LogP contribution < -0.4 is 5.32 Å². The molecule has 0 radical (unpaired) electrons. The molecule has 0 aliphatic rings. The highest BCUT2D eigenvalue weighted by atomic mass is 16.6. The van der Waals surface area contributed by atoms with E-state index in [1.54, 1.807) is 26.3 Å². The van der Waals surface area contributed by atoms with E-state index < -0.39 is 10.8 Å². The molecule has 132 valence electrons. The van der Waals surface area contributed by atoms with Crippen LogP contribution in [0, 0.1) is 24.0 Å². The summed E-state index contributed by atoms with van der Waals surface area (Å²) in [5.74, 6) is 0.0249. The molecule has 2 aromatic rings. The van der Waals surface area contributed by atoms with Crippen LogP contribution in [0.4, 0.5) is 5.69 Å². The number of amides is 2. The summed E-state index contributed by atoms with van der Waals surface area (Å²) < 4.78 is 5.18. The lowest BCUT2D eigenvalue weighted by molar-refractivity contribution is -0.385. The molecule has 0 unspecified atom stereocenters. The van der Waals surface area contributed by atoms with Crippen LogP contribution in [0.1, 0.15) is 27.2 Å². The summed E-state index contributed by atoms with van der Waals surface area (Å²) in [7, 11) is 1.64. The highest BCUT2D eigenvalue weighted by Crippen LogP contribution is 2.18. The molecule has 1 N–H and O–H groups in total. The van der Waals surface area contributed by atoms with Crippen molar-refractivity contribution in [2.45, 2.75) is 20.4 Å². The fourth-order valence-electron chi connectivity index (χ4n) is 2.31. The van der Waals surface area contributed by atoms with Gasteiger partial charge in [0.15, 0.2) is 0 Å². The average Bonchev–Trinajstić information content (AvgIpc) is 2.96. The van der Waals surface area contributed by atoms with Gasteiger partial charge in [0.2, 0.25) is 5.91 Å². The van der Waals surface area contributed by atoms with Crippen LogP contribution >= 0.6 is 0 Å². The van der Waals surface area contributed by atoms with Crippen LogP contribution in [0.25, 0.3) is 0 Å². The molecule has 0 fully saturated rings. The standard InChI is InChI=1S/C17H19N3O5/c1-11-8-13(4-5-15(11)20(23)24)17(22)18-9-16(21)19(3)10-14-6-7-25-12(14)2/h4-8H,9-10H2,1-3H3,(H,18,22). The van der Waals surface area contributed by atoms with Gasteiger partial charge < -0.3 is 14.6 Å². The van der Waals surface area contributed by atoms with Gasteiger partial charge in [-0.05, 0) is 32.0 Å². The number of likely N-dealkylation sites (N-methyl/N-ethyl adjacent to an activating group) is 1. The first-order valence-electron chi connectivity index (χ1n) is 7.59. The number of nitro groups is 1. The number of hydrogen-bond donors (Lipinski definition) is 1. The predicted octanol–water partition coefficient (Wildman–Crippen LogP) is 2.19. The van der Waals surface area contributed by atoms with E-state index >= 15 is 0 Å². The Balaban J connectivity index is 1.93. The number of rotatable bonds is 6. The molecule has 8 nitrogen and oxygen atoms in total. The van der Waals surface area contributed by atoms with E-state index in [1.165, 1.54) is 23.1 Å². The molecule has 0 atom stereocenters. The van der Waals surface area contributed by atoms with E-state index in [1.807, 2.05) is 6.92 Å². The Morgan fingerprint density at radius 2 is 2.00 bits per heavy atom. The third kappa shape index (κ3) is 4.43. The zero-order valence-corrected chi connectivity index (χ0v) is 14.2. The van der Waals surface area contributed by atoms with Gasteiger partial charge in [0.1, 0.15) is 5.76 Å². The van der Waals surface area contributed by atoms with Gasteiger partial charge in [-0.3, -0.25) is 19.7 Å². The summed E-state index contributed by atoms with van der Waals surface area (Å²) in [6.07, 6.45) is 1.56. The molecule has 0 bridgehead atoms. The summed E-state index contributed by atoms with van der Waals surface area (Å²) in [5.41, 5.74) is 1.50. The van der Waals surface area contributed by atoms with E-state index in [0.29, 0.717) is 12.1 Å². The average molecular weight is 345 g/mol. The molecule has 0 saturated heterocycles. The SMILES string of the molecule is Cc1cc(C(=O)NCC(=O)N(C)Cc2ccoc2C)ccc1[N+](=O)[O-]. The van der Waals surface area contributed by atoms with Gasteiger partial charge in [-0.15, -0.1) is 0 Å². The smallest absolute Gasteiger partial charge is 0.272 e. The van der Waals surface area contributed by atoms with Crippen LogP contribution in [-0.4, -0.2) is 35.2 Å². The third-order valence-electron chi connectivity index (χ3n) is 3.86. The molecule has 1 aromatic heterocycles. The van der Waals surface area contributed by atoms with Crippen molar-refractivity contribution >= 4 is 17.5 Å². The van der Waals surface area contributed by atoms with Gasteiger partial charge in [0.25, 0.3) is 11.6 Å². The maximum atomic E-state index is 12.1. The maximum absolute atomic E-state index is 12.1. The van der Waals surface area contributed by atoms with Crippen LogP contribution in [0.3, 0.4) is 0 Å². The van der Waals surface area contributed by atoms with Gasteiger partial charge >= 0.3 is 0 Å². The van der Waals surface area contributed by atoms with Crippen LogP contribution in [0.5, 0.6) is 0 Å². The third-order valence-corrected chi connectivity index (χ3v) is 3.86. The fourth-order valence-corrected chi connectivity index (χ4v) is 2.31. The first kappa shape index (κ1) is 18.2. The largest absolute Gasteiger partial charge is 0.469 e. The molecule has 1 heterocycles. The summed E-state index contributed by atoms with van der Waals surface area (Å²) in [6, 6.07) is 5.86. The van der Waals surface area contributed by atoms with Crippen LogP contribution in [0.2, 0.25) is 0 Å². The van der Waals surface area contributed by atoms with Crippen molar-refractivity contribution < 1.29 is 18.9 Å². The molecular weight excluding hydrogens is 326 g/mol. The summed E-state index contributed by atoms with van der Waals surface area (Å²) >= 11 is 0. The molecule has 1 aromatic carbocycles. The van der Waals surface area contributed by atoms with Crippen LogP contribution in [0.15, 0.2) is 34.9 Å². The van der Waals surface area contributed by atoms with Crippen LogP contribution in [-0.2, 0) is 11.3 Å². The Morgan fingerprint density at radius 1 is 1.28 bits per heavy atom. The number of nitro benzene ring substituents is 1. The summed E-state index contributed by atoms with van der Waals surface area (Å²) in [5, 5.41) is 13.3. The predicted molar refractivity (Wildman–Crippen MR) is 90.1 cm³/mol. The molecule has 0 aliphatic carbocycles. The lowest BCUT2D eigenvalue weighted by Gasteiger charge is -2.17.